The van der Waals surface area contributed by atoms with E-state index in [9.17, 15) is 18.8 Å². The van der Waals surface area contributed by atoms with Gasteiger partial charge in [-0.2, -0.15) is 0 Å². The number of thioether (sulfide) groups is 1. The highest BCUT2D eigenvalue weighted by molar-refractivity contribution is 8.02. The molecule has 1 spiro atoms. The number of ether oxygens (including phenoxy) is 1. The molecule has 3 amide bonds. The summed E-state index contributed by atoms with van der Waals surface area (Å²) in [6.07, 6.45) is 0. The van der Waals surface area contributed by atoms with Crippen LogP contribution in [0.3, 0.4) is 0 Å². The fourth-order valence-corrected chi connectivity index (χ4v) is 5.71. The number of halogens is 1. The number of hydrogen-bond donors (Lipinski definition) is 1. The molecule has 0 radical (unpaired) electrons. The van der Waals surface area contributed by atoms with Crippen molar-refractivity contribution in [3.8, 4) is 5.75 Å². The second-order valence-corrected chi connectivity index (χ2v) is 9.00. The van der Waals surface area contributed by atoms with E-state index < -0.39 is 22.5 Å². The Bertz CT molecular complexity index is 1300. The van der Waals surface area contributed by atoms with Crippen molar-refractivity contribution in [3.63, 3.8) is 0 Å². The number of amides is 3. The molecule has 0 aliphatic carbocycles. The Labute approximate surface area is 199 Å². The van der Waals surface area contributed by atoms with E-state index in [1.807, 2.05) is 0 Å². The predicted molar refractivity (Wildman–Crippen MR) is 128 cm³/mol. The lowest BCUT2D eigenvalue weighted by Gasteiger charge is -2.33. The third-order valence-corrected chi connectivity index (χ3v) is 7.19. The summed E-state index contributed by atoms with van der Waals surface area (Å²) in [7, 11) is 1.54. The highest BCUT2D eigenvalue weighted by atomic mass is 32.2. The molecule has 0 bridgehead atoms. The Morgan fingerprint density at radius 2 is 1.85 bits per heavy atom. The molecule has 1 fully saturated rings. The summed E-state index contributed by atoms with van der Waals surface area (Å²) in [5.74, 6) is -0.809. The minimum atomic E-state index is -1.36. The van der Waals surface area contributed by atoms with Gasteiger partial charge in [-0.25, -0.2) is 4.39 Å². The van der Waals surface area contributed by atoms with Crippen LogP contribution >= 0.6 is 11.8 Å². The number of hydrogen-bond acceptors (Lipinski definition) is 5. The molecule has 172 valence electrons. The van der Waals surface area contributed by atoms with Crippen molar-refractivity contribution in [2.24, 2.45) is 0 Å². The summed E-state index contributed by atoms with van der Waals surface area (Å²) in [6.45, 7) is -0.235. The monoisotopic (exact) mass is 477 g/mol. The lowest BCUT2D eigenvalue weighted by Crippen LogP contribution is -2.50. The van der Waals surface area contributed by atoms with E-state index in [1.54, 1.807) is 48.5 Å². The average molecular weight is 478 g/mol. The van der Waals surface area contributed by atoms with Crippen LogP contribution in [0.4, 0.5) is 21.5 Å². The van der Waals surface area contributed by atoms with Crippen molar-refractivity contribution in [3.05, 3.63) is 84.2 Å². The van der Waals surface area contributed by atoms with Gasteiger partial charge in [-0.15, -0.1) is 11.8 Å². The van der Waals surface area contributed by atoms with Crippen LogP contribution in [0.1, 0.15) is 5.56 Å². The van der Waals surface area contributed by atoms with Crippen LogP contribution in [0, 0.1) is 5.82 Å². The normalized spacial score (nSPS) is 19.0. The molecule has 1 N–H and O–H groups in total. The second-order valence-electron chi connectivity index (χ2n) is 7.83. The number of fused-ring (bicyclic) bond motifs is 2. The molecule has 34 heavy (non-hydrogen) atoms. The van der Waals surface area contributed by atoms with Crippen molar-refractivity contribution < 1.29 is 23.5 Å². The molecule has 2 aliphatic rings. The first-order chi connectivity index (χ1) is 16.4. The predicted octanol–water partition coefficient (Wildman–Crippen LogP) is 3.75. The van der Waals surface area contributed by atoms with E-state index >= 15 is 0 Å². The average Bonchev–Trinajstić information content (AvgIpc) is 3.31. The molecule has 2 aliphatic heterocycles. The van der Waals surface area contributed by atoms with Gasteiger partial charge in [0.25, 0.3) is 5.91 Å². The van der Waals surface area contributed by atoms with E-state index in [2.05, 4.69) is 5.32 Å². The van der Waals surface area contributed by atoms with E-state index in [1.165, 1.54) is 52.9 Å². The molecule has 3 aromatic carbocycles. The third-order valence-electron chi connectivity index (χ3n) is 5.80. The van der Waals surface area contributed by atoms with Crippen molar-refractivity contribution in [1.29, 1.82) is 0 Å². The Morgan fingerprint density at radius 1 is 1.09 bits per heavy atom. The number of carbonyl (C=O) groups excluding carboxylic acids is 3. The number of para-hydroxylation sites is 1. The summed E-state index contributed by atoms with van der Waals surface area (Å²) in [5.41, 5.74) is 2.14. The molecule has 1 saturated heterocycles. The van der Waals surface area contributed by atoms with Crippen LogP contribution in [0.2, 0.25) is 0 Å². The van der Waals surface area contributed by atoms with Crippen LogP contribution in [0.25, 0.3) is 0 Å². The van der Waals surface area contributed by atoms with Crippen LogP contribution in [-0.4, -0.2) is 37.1 Å². The lowest BCUT2D eigenvalue weighted by molar-refractivity contribution is -0.124. The molecule has 5 rings (SSSR count). The van der Waals surface area contributed by atoms with Gasteiger partial charge in [-0.1, -0.05) is 24.3 Å². The minimum absolute atomic E-state index is 0.0846. The molecule has 3 aromatic rings. The Balaban J connectivity index is 1.49. The molecule has 9 heteroatoms. The fraction of sp³-hybridized carbons (Fsp3) is 0.160. The second kappa shape index (κ2) is 8.49. The highest BCUT2D eigenvalue weighted by Crippen LogP contribution is 2.55. The molecule has 0 aromatic heterocycles. The van der Waals surface area contributed by atoms with E-state index in [4.69, 9.17) is 4.74 Å². The van der Waals surface area contributed by atoms with Gasteiger partial charge in [-0.3, -0.25) is 24.2 Å². The van der Waals surface area contributed by atoms with Gasteiger partial charge < -0.3 is 10.1 Å². The van der Waals surface area contributed by atoms with Crippen LogP contribution in [0.15, 0.2) is 72.8 Å². The highest BCUT2D eigenvalue weighted by Gasteiger charge is 2.61. The first-order valence-electron chi connectivity index (χ1n) is 10.5. The van der Waals surface area contributed by atoms with Crippen molar-refractivity contribution in [2.75, 3.05) is 34.5 Å². The van der Waals surface area contributed by atoms with Gasteiger partial charge in [-0.05, 0) is 42.5 Å². The summed E-state index contributed by atoms with van der Waals surface area (Å²) >= 11 is 1.20. The lowest BCUT2D eigenvalue weighted by atomic mass is 10.0. The fourth-order valence-electron chi connectivity index (χ4n) is 4.35. The van der Waals surface area contributed by atoms with E-state index in [0.29, 0.717) is 28.4 Å². The molecule has 0 saturated carbocycles. The van der Waals surface area contributed by atoms with Crippen molar-refractivity contribution in [1.82, 2.24) is 0 Å². The Hall–Kier alpha value is -3.85. The number of methoxy groups -OCH3 is 1. The summed E-state index contributed by atoms with van der Waals surface area (Å²) in [4.78, 5) is 41.2. The number of rotatable bonds is 5. The van der Waals surface area contributed by atoms with Gasteiger partial charge in [0.15, 0.2) is 0 Å². The minimum Gasteiger partial charge on any atom is -0.497 e. The maximum Gasteiger partial charge on any atom is 0.269 e. The molecule has 7 nitrogen and oxygen atoms in total. The van der Waals surface area contributed by atoms with Crippen LogP contribution < -0.4 is 19.9 Å². The van der Waals surface area contributed by atoms with Crippen LogP contribution in [0.5, 0.6) is 5.75 Å². The number of anilines is 3. The topological polar surface area (TPSA) is 79.0 Å². The summed E-state index contributed by atoms with van der Waals surface area (Å²) < 4.78 is 18.7. The Morgan fingerprint density at radius 3 is 2.62 bits per heavy atom. The van der Waals surface area contributed by atoms with E-state index in [0.717, 1.165) is 0 Å². The number of carbonyl (C=O) groups is 3. The summed E-state index contributed by atoms with van der Waals surface area (Å²) in [5, 5.41) is 2.79. The Kier molecular flexibility index (Phi) is 5.49. The number of nitrogens with zero attached hydrogens (tertiary/aromatic N) is 2. The summed E-state index contributed by atoms with van der Waals surface area (Å²) in [6, 6.07) is 19.5. The zero-order valence-corrected chi connectivity index (χ0v) is 19.0. The first kappa shape index (κ1) is 22.0. The molecule has 1 atom stereocenters. The zero-order chi connectivity index (χ0) is 23.9. The SMILES string of the molecule is COc1cccc(NC(=O)CN2C(=O)[C@]3(SCC(=O)N3c3ccc(F)cc3)c3ccccc32)c1. The largest absolute Gasteiger partial charge is 0.497 e. The third kappa shape index (κ3) is 3.49. The maximum atomic E-state index is 13.9. The number of nitrogens with one attached hydrogen (secondary N) is 1. The zero-order valence-electron chi connectivity index (χ0n) is 18.2. The molecular formula is C25H20FN3O4S. The quantitative estimate of drug-likeness (QED) is 0.606. The molecule has 2 heterocycles. The van der Waals surface area contributed by atoms with Gasteiger partial charge in [0.05, 0.1) is 18.6 Å². The van der Waals surface area contributed by atoms with E-state index in [-0.39, 0.29) is 18.2 Å². The molecule has 0 unspecified atom stereocenters. The maximum absolute atomic E-state index is 13.9. The molecular weight excluding hydrogens is 457 g/mol. The van der Waals surface area contributed by atoms with Gasteiger partial charge in [0, 0.05) is 23.0 Å². The van der Waals surface area contributed by atoms with Crippen molar-refractivity contribution in [2.45, 2.75) is 4.87 Å². The van der Waals surface area contributed by atoms with Gasteiger partial charge in [0.1, 0.15) is 18.1 Å². The van der Waals surface area contributed by atoms with Crippen molar-refractivity contribution >= 4 is 46.5 Å². The van der Waals surface area contributed by atoms with Gasteiger partial charge >= 0.3 is 0 Å². The smallest absolute Gasteiger partial charge is 0.269 e. The first-order valence-corrected chi connectivity index (χ1v) is 11.5. The number of benzene rings is 3. The van der Waals surface area contributed by atoms with Crippen LogP contribution in [-0.2, 0) is 19.3 Å². The van der Waals surface area contributed by atoms with Gasteiger partial charge in [0.2, 0.25) is 16.7 Å². The standard InChI is InChI=1S/C25H20FN3O4S/c1-33-19-6-4-5-17(13-19)27-22(30)14-28-21-8-3-2-7-20(21)25(24(28)32)29(23(31)15-34-25)18-11-9-16(26)10-12-18/h2-13H,14-15H2,1H3,(H,27,30)/t25-/m1/s1.